The van der Waals surface area contributed by atoms with E-state index in [0.717, 1.165) is 16.7 Å². The van der Waals surface area contributed by atoms with E-state index in [-0.39, 0.29) is 0 Å². The summed E-state index contributed by atoms with van der Waals surface area (Å²) in [7, 11) is 1.63. The minimum atomic E-state index is -0.510. The predicted octanol–water partition coefficient (Wildman–Crippen LogP) is 1.59. The van der Waals surface area contributed by atoms with Crippen LogP contribution in [0.3, 0.4) is 0 Å². The van der Waals surface area contributed by atoms with Gasteiger partial charge in [0, 0.05) is 17.8 Å². The number of amides is 1. The number of nitrogens with two attached hydrogens (primary N) is 1. The molecule has 0 spiro atoms. The molecule has 3 rings (SSSR count). The van der Waals surface area contributed by atoms with Crippen LogP contribution in [0.5, 0.6) is 5.75 Å². The van der Waals surface area contributed by atoms with Crippen LogP contribution < -0.4 is 10.5 Å². The van der Waals surface area contributed by atoms with E-state index in [0.29, 0.717) is 17.6 Å². The number of rotatable bonds is 4. The lowest BCUT2D eigenvalue weighted by molar-refractivity contribution is 0.100. The lowest BCUT2D eigenvalue weighted by Gasteiger charge is -2.07. The second kappa shape index (κ2) is 5.24. The molecule has 0 bridgehead atoms. The lowest BCUT2D eigenvalue weighted by Crippen LogP contribution is -2.14. The van der Waals surface area contributed by atoms with Crippen molar-refractivity contribution in [1.29, 1.82) is 0 Å². The van der Waals surface area contributed by atoms with Crippen LogP contribution in [-0.2, 0) is 6.54 Å². The molecule has 6 heteroatoms. The largest absolute Gasteiger partial charge is 0.497 e. The van der Waals surface area contributed by atoms with E-state index in [1.54, 1.807) is 24.2 Å². The highest BCUT2D eigenvalue weighted by molar-refractivity contribution is 6.04. The molecule has 0 radical (unpaired) electrons. The maximum Gasteiger partial charge on any atom is 0.252 e. The molecular weight excluding hydrogens is 268 g/mol. The molecular formula is C15H14N4O2. The smallest absolute Gasteiger partial charge is 0.252 e. The number of carbonyl (C=O) groups excluding carboxylic acids is 1. The van der Waals surface area contributed by atoms with Gasteiger partial charge in [0.05, 0.1) is 30.9 Å². The average Bonchev–Trinajstić information content (AvgIpc) is 2.91. The van der Waals surface area contributed by atoms with Crippen molar-refractivity contribution in [3.63, 3.8) is 0 Å². The summed E-state index contributed by atoms with van der Waals surface area (Å²) in [4.78, 5) is 15.5. The van der Waals surface area contributed by atoms with Gasteiger partial charge in [0.15, 0.2) is 0 Å². The van der Waals surface area contributed by atoms with E-state index in [4.69, 9.17) is 10.5 Å². The topological polar surface area (TPSA) is 83.0 Å². The van der Waals surface area contributed by atoms with Crippen molar-refractivity contribution in [2.24, 2.45) is 5.73 Å². The first-order chi connectivity index (χ1) is 10.2. The van der Waals surface area contributed by atoms with Crippen molar-refractivity contribution < 1.29 is 9.53 Å². The minimum Gasteiger partial charge on any atom is -0.497 e. The van der Waals surface area contributed by atoms with E-state index in [1.807, 2.05) is 24.3 Å². The molecule has 1 aromatic carbocycles. The van der Waals surface area contributed by atoms with Crippen molar-refractivity contribution >= 4 is 16.8 Å². The third-order valence-corrected chi connectivity index (χ3v) is 3.30. The monoisotopic (exact) mass is 282 g/mol. The van der Waals surface area contributed by atoms with Crippen molar-refractivity contribution in [2.45, 2.75) is 6.54 Å². The summed E-state index contributed by atoms with van der Waals surface area (Å²) in [5, 5.41) is 5.11. The van der Waals surface area contributed by atoms with Crippen LogP contribution in [0.15, 0.2) is 42.9 Å². The number of hydrogen-bond donors (Lipinski definition) is 1. The second-order valence-corrected chi connectivity index (χ2v) is 4.64. The number of fused-ring (bicyclic) bond motifs is 1. The Morgan fingerprint density at radius 1 is 1.24 bits per heavy atom. The molecule has 0 unspecified atom stereocenters. The van der Waals surface area contributed by atoms with Crippen molar-refractivity contribution in [3.8, 4) is 5.75 Å². The highest BCUT2D eigenvalue weighted by Crippen LogP contribution is 2.19. The normalized spacial score (nSPS) is 10.7. The van der Waals surface area contributed by atoms with Crippen LogP contribution in [0, 0.1) is 0 Å². The number of benzene rings is 1. The number of nitrogens with zero attached hydrogens (tertiary/aromatic N) is 3. The summed E-state index contributed by atoms with van der Waals surface area (Å²) < 4.78 is 6.88. The van der Waals surface area contributed by atoms with Gasteiger partial charge in [0.2, 0.25) is 0 Å². The summed E-state index contributed by atoms with van der Waals surface area (Å²) in [5.41, 5.74) is 7.53. The number of primary amides is 1. The van der Waals surface area contributed by atoms with Crippen LogP contribution in [-0.4, -0.2) is 27.8 Å². The number of ether oxygens (including phenoxy) is 1. The fraction of sp³-hybridized carbons (Fsp3) is 0.133. The maximum absolute atomic E-state index is 11.5. The van der Waals surface area contributed by atoms with Crippen LogP contribution in [0.1, 0.15) is 15.9 Å². The van der Waals surface area contributed by atoms with Gasteiger partial charge in [-0.1, -0.05) is 12.1 Å². The number of aromatic nitrogens is 3. The summed E-state index contributed by atoms with van der Waals surface area (Å²) in [5.74, 6) is 0.288. The quantitative estimate of drug-likeness (QED) is 0.787. The Morgan fingerprint density at radius 3 is 2.67 bits per heavy atom. The van der Waals surface area contributed by atoms with Crippen molar-refractivity contribution in [3.05, 3.63) is 54.0 Å². The Labute approximate surface area is 121 Å². The third-order valence-electron chi connectivity index (χ3n) is 3.30. The van der Waals surface area contributed by atoms with Gasteiger partial charge in [-0.3, -0.25) is 14.5 Å². The molecule has 0 aliphatic heterocycles. The van der Waals surface area contributed by atoms with Crippen LogP contribution in [0.2, 0.25) is 0 Å². The molecule has 21 heavy (non-hydrogen) atoms. The zero-order valence-corrected chi connectivity index (χ0v) is 11.5. The highest BCUT2D eigenvalue weighted by atomic mass is 16.5. The average molecular weight is 282 g/mol. The molecule has 106 valence electrons. The fourth-order valence-corrected chi connectivity index (χ4v) is 2.25. The molecule has 2 heterocycles. The fourth-order valence-electron chi connectivity index (χ4n) is 2.25. The van der Waals surface area contributed by atoms with Gasteiger partial charge in [-0.2, -0.15) is 5.10 Å². The zero-order chi connectivity index (χ0) is 14.8. The van der Waals surface area contributed by atoms with E-state index >= 15 is 0 Å². The molecule has 0 saturated carbocycles. The Kier molecular flexibility index (Phi) is 3.27. The molecule has 3 aromatic rings. The van der Waals surface area contributed by atoms with Gasteiger partial charge in [0.1, 0.15) is 5.75 Å². The van der Waals surface area contributed by atoms with E-state index in [1.165, 1.54) is 6.20 Å². The summed E-state index contributed by atoms with van der Waals surface area (Å²) in [6.07, 6.45) is 4.81. The minimum absolute atomic E-state index is 0.374. The lowest BCUT2D eigenvalue weighted by atomic mass is 10.2. The Balaban J connectivity index is 2.02. The van der Waals surface area contributed by atoms with Gasteiger partial charge >= 0.3 is 0 Å². The summed E-state index contributed by atoms with van der Waals surface area (Å²) in [6.45, 7) is 0.539. The Hall–Kier alpha value is -2.89. The van der Waals surface area contributed by atoms with Crippen molar-refractivity contribution in [1.82, 2.24) is 14.8 Å². The maximum atomic E-state index is 11.5. The zero-order valence-electron chi connectivity index (χ0n) is 11.5. The first-order valence-corrected chi connectivity index (χ1v) is 6.41. The highest BCUT2D eigenvalue weighted by Gasteiger charge is 2.12. The van der Waals surface area contributed by atoms with Crippen molar-refractivity contribution in [2.75, 3.05) is 7.11 Å². The Morgan fingerprint density at radius 2 is 2.00 bits per heavy atom. The van der Waals surface area contributed by atoms with E-state index < -0.39 is 5.91 Å². The van der Waals surface area contributed by atoms with Gasteiger partial charge in [-0.05, 0) is 17.7 Å². The number of pyridine rings is 1. The summed E-state index contributed by atoms with van der Waals surface area (Å²) >= 11 is 0. The number of hydrogen-bond acceptors (Lipinski definition) is 4. The molecule has 0 fully saturated rings. The first-order valence-electron chi connectivity index (χ1n) is 6.41. The third kappa shape index (κ3) is 2.43. The molecule has 2 N–H and O–H groups in total. The number of methoxy groups -OCH3 is 1. The molecule has 0 atom stereocenters. The SMILES string of the molecule is COc1ccc(Cn2ncc3cncc(C(N)=O)c32)cc1. The van der Waals surface area contributed by atoms with E-state index in [9.17, 15) is 4.79 Å². The van der Waals surface area contributed by atoms with Gasteiger partial charge < -0.3 is 10.5 Å². The standard InChI is InChI=1S/C15H14N4O2/c1-21-12-4-2-10(3-5-12)9-19-14-11(7-18-19)6-17-8-13(14)15(16)20/h2-8H,9H2,1H3,(H2,16,20). The molecule has 0 aliphatic rings. The van der Waals surface area contributed by atoms with Crippen LogP contribution in [0.4, 0.5) is 0 Å². The molecule has 0 saturated heterocycles. The second-order valence-electron chi connectivity index (χ2n) is 4.64. The molecule has 0 aliphatic carbocycles. The Bertz CT molecular complexity index is 793. The molecule has 2 aromatic heterocycles. The van der Waals surface area contributed by atoms with Gasteiger partial charge in [-0.25, -0.2) is 0 Å². The van der Waals surface area contributed by atoms with E-state index in [2.05, 4.69) is 10.1 Å². The van der Waals surface area contributed by atoms with Crippen LogP contribution >= 0.6 is 0 Å². The van der Waals surface area contributed by atoms with Gasteiger partial charge in [0.25, 0.3) is 5.91 Å². The predicted molar refractivity (Wildman–Crippen MR) is 78.1 cm³/mol. The molecule has 6 nitrogen and oxygen atoms in total. The van der Waals surface area contributed by atoms with Crippen LogP contribution in [0.25, 0.3) is 10.9 Å². The molecule has 1 amide bonds. The first kappa shape index (κ1) is 13.1. The van der Waals surface area contributed by atoms with Gasteiger partial charge in [-0.15, -0.1) is 0 Å². The summed E-state index contributed by atoms with van der Waals surface area (Å²) in [6, 6.07) is 7.68. The number of carbonyl (C=O) groups is 1.